The Morgan fingerprint density at radius 1 is 1.24 bits per heavy atom. The molecule has 2 aromatic rings. The summed E-state index contributed by atoms with van der Waals surface area (Å²) in [4.78, 5) is 2.62. The number of hydrogen-bond donors (Lipinski definition) is 1. The second kappa shape index (κ2) is 6.46. The molecule has 0 saturated heterocycles. The number of benzene rings is 2. The highest BCUT2D eigenvalue weighted by molar-refractivity contribution is 7.80. The molecule has 0 spiro atoms. The zero-order valence-corrected chi connectivity index (χ0v) is 14.0. The van der Waals surface area contributed by atoms with Crippen molar-refractivity contribution in [3.63, 3.8) is 0 Å². The van der Waals surface area contributed by atoms with Gasteiger partial charge in [-0.1, -0.05) is 42.0 Å². The molecule has 0 amide bonds. The van der Waals surface area contributed by atoms with Crippen molar-refractivity contribution in [1.29, 1.82) is 0 Å². The number of anilines is 1. The van der Waals surface area contributed by atoms with Gasteiger partial charge in [-0.2, -0.15) is 0 Å². The molecule has 2 nitrogen and oxygen atoms in total. The van der Waals surface area contributed by atoms with Gasteiger partial charge in [0.15, 0.2) is 0 Å². The van der Waals surface area contributed by atoms with Crippen LogP contribution in [0.5, 0.6) is 0 Å². The fourth-order valence-corrected chi connectivity index (χ4v) is 2.91. The molecule has 110 valence electrons. The minimum absolute atomic E-state index is 0.175. The fraction of sp³-hybridized carbons (Fsp3) is 0.235. The molecule has 0 aliphatic carbocycles. The maximum Gasteiger partial charge on any atom is 0.104 e. The summed E-state index contributed by atoms with van der Waals surface area (Å²) >= 11 is 11.3. The minimum Gasteiger partial charge on any atom is -0.389 e. The molecule has 0 radical (unpaired) electrons. The Morgan fingerprint density at radius 3 is 2.48 bits per heavy atom. The van der Waals surface area contributed by atoms with Crippen LogP contribution < -0.4 is 10.6 Å². The molecule has 2 rings (SSSR count). The van der Waals surface area contributed by atoms with E-state index in [-0.39, 0.29) is 6.04 Å². The summed E-state index contributed by atoms with van der Waals surface area (Å²) in [7, 11) is 2.06. The number of halogens is 1. The van der Waals surface area contributed by atoms with Gasteiger partial charge in [0.2, 0.25) is 0 Å². The predicted octanol–water partition coefficient (Wildman–Crippen LogP) is 4.48. The summed E-state index contributed by atoms with van der Waals surface area (Å²) in [5.74, 6) is 0. The Kier molecular flexibility index (Phi) is 4.86. The van der Waals surface area contributed by atoms with Crippen LogP contribution >= 0.6 is 23.8 Å². The van der Waals surface area contributed by atoms with Gasteiger partial charge in [-0.25, -0.2) is 0 Å². The van der Waals surface area contributed by atoms with Gasteiger partial charge in [0.25, 0.3) is 0 Å². The average Bonchev–Trinajstić information content (AvgIpc) is 2.45. The molecule has 21 heavy (non-hydrogen) atoms. The van der Waals surface area contributed by atoms with E-state index in [2.05, 4.69) is 31.0 Å². The predicted molar refractivity (Wildman–Crippen MR) is 95.3 cm³/mol. The number of thiocarbonyl (C=S) groups is 1. The summed E-state index contributed by atoms with van der Waals surface area (Å²) < 4.78 is 0. The van der Waals surface area contributed by atoms with E-state index in [1.54, 1.807) is 0 Å². The van der Waals surface area contributed by atoms with Crippen LogP contribution in [0.25, 0.3) is 0 Å². The third-order valence-corrected chi connectivity index (χ3v) is 4.38. The Hall–Kier alpha value is -1.58. The molecule has 0 aliphatic rings. The third-order valence-electron chi connectivity index (χ3n) is 3.82. The minimum atomic E-state index is 0.175. The largest absolute Gasteiger partial charge is 0.389 e. The van der Waals surface area contributed by atoms with E-state index in [1.807, 2.05) is 37.3 Å². The van der Waals surface area contributed by atoms with Crippen molar-refractivity contribution < 1.29 is 0 Å². The number of rotatable bonds is 4. The van der Waals surface area contributed by atoms with Crippen molar-refractivity contribution in [3.05, 3.63) is 64.2 Å². The van der Waals surface area contributed by atoms with Crippen molar-refractivity contribution in [1.82, 2.24) is 0 Å². The lowest BCUT2D eigenvalue weighted by Crippen LogP contribution is -2.22. The first-order valence-electron chi connectivity index (χ1n) is 6.79. The third kappa shape index (κ3) is 3.36. The molecule has 2 N–H and O–H groups in total. The molecule has 0 aliphatic heterocycles. The number of aryl methyl sites for hydroxylation is 1. The van der Waals surface area contributed by atoms with E-state index < -0.39 is 0 Å². The standard InChI is InChI=1S/C17H19ClN2S/c1-11-10-13(8-9-14(11)17(19)21)20(3)12(2)15-6-4-5-7-16(15)18/h4-10,12H,1-3H3,(H2,19,21). The molecule has 1 atom stereocenters. The van der Waals surface area contributed by atoms with Crippen molar-refractivity contribution in [2.24, 2.45) is 5.73 Å². The van der Waals surface area contributed by atoms with Crippen LogP contribution in [0, 0.1) is 6.92 Å². The van der Waals surface area contributed by atoms with Gasteiger partial charge >= 0.3 is 0 Å². The van der Waals surface area contributed by atoms with Crippen LogP contribution in [0.1, 0.15) is 29.7 Å². The van der Waals surface area contributed by atoms with Crippen molar-refractivity contribution >= 4 is 34.5 Å². The lowest BCUT2D eigenvalue weighted by atomic mass is 10.0. The molecule has 0 heterocycles. The maximum atomic E-state index is 6.29. The van der Waals surface area contributed by atoms with Gasteiger partial charge < -0.3 is 10.6 Å². The Bertz CT molecular complexity index is 670. The lowest BCUT2D eigenvalue weighted by Gasteiger charge is -2.28. The van der Waals surface area contributed by atoms with E-state index in [9.17, 15) is 0 Å². The molecule has 0 aromatic heterocycles. The second-order valence-corrected chi connectivity index (χ2v) is 6.02. The quantitative estimate of drug-likeness (QED) is 0.843. The van der Waals surface area contributed by atoms with E-state index in [4.69, 9.17) is 29.6 Å². The van der Waals surface area contributed by atoms with E-state index in [0.717, 1.165) is 27.4 Å². The SMILES string of the molecule is Cc1cc(N(C)C(C)c2ccccc2Cl)ccc1C(N)=S. The van der Waals surface area contributed by atoms with Crippen LogP contribution in [-0.4, -0.2) is 12.0 Å². The first-order valence-corrected chi connectivity index (χ1v) is 7.58. The van der Waals surface area contributed by atoms with E-state index >= 15 is 0 Å². The summed E-state index contributed by atoms with van der Waals surface area (Å²) in [6.45, 7) is 4.16. The summed E-state index contributed by atoms with van der Waals surface area (Å²) in [5.41, 5.74) is 9.94. The van der Waals surface area contributed by atoms with Crippen molar-refractivity contribution in [2.45, 2.75) is 19.9 Å². The summed E-state index contributed by atoms with van der Waals surface area (Å²) in [6.07, 6.45) is 0. The smallest absolute Gasteiger partial charge is 0.104 e. The Labute approximate surface area is 136 Å². The average molecular weight is 319 g/mol. The van der Waals surface area contributed by atoms with Gasteiger partial charge in [-0.3, -0.25) is 0 Å². The number of nitrogens with zero attached hydrogens (tertiary/aromatic N) is 1. The highest BCUT2D eigenvalue weighted by atomic mass is 35.5. The fourth-order valence-electron chi connectivity index (χ4n) is 2.39. The molecule has 0 fully saturated rings. The molecule has 0 saturated carbocycles. The van der Waals surface area contributed by atoms with Gasteiger partial charge in [0.1, 0.15) is 4.99 Å². The second-order valence-electron chi connectivity index (χ2n) is 5.17. The van der Waals surface area contributed by atoms with Crippen LogP contribution in [0.3, 0.4) is 0 Å². The molecule has 0 bridgehead atoms. The van der Waals surface area contributed by atoms with Crippen LogP contribution in [0.15, 0.2) is 42.5 Å². The summed E-state index contributed by atoms with van der Waals surface area (Å²) in [5, 5.41) is 0.785. The Morgan fingerprint density at radius 2 is 1.90 bits per heavy atom. The maximum absolute atomic E-state index is 6.29. The lowest BCUT2D eigenvalue weighted by molar-refractivity contribution is 0.740. The first kappa shape index (κ1) is 15.8. The van der Waals surface area contributed by atoms with Crippen LogP contribution in [0.2, 0.25) is 5.02 Å². The molecule has 2 aromatic carbocycles. The molecular formula is C17H19ClN2S. The van der Waals surface area contributed by atoms with Crippen molar-refractivity contribution in [2.75, 3.05) is 11.9 Å². The van der Waals surface area contributed by atoms with Gasteiger partial charge in [0.05, 0.1) is 6.04 Å². The van der Waals surface area contributed by atoms with E-state index in [1.165, 1.54) is 0 Å². The van der Waals surface area contributed by atoms with Crippen LogP contribution in [-0.2, 0) is 0 Å². The number of nitrogens with two attached hydrogens (primary N) is 1. The van der Waals surface area contributed by atoms with Crippen molar-refractivity contribution in [3.8, 4) is 0 Å². The number of hydrogen-bond acceptors (Lipinski definition) is 2. The zero-order chi connectivity index (χ0) is 15.6. The normalized spacial score (nSPS) is 12.0. The first-order chi connectivity index (χ1) is 9.91. The van der Waals surface area contributed by atoms with Gasteiger partial charge in [0, 0.05) is 23.3 Å². The van der Waals surface area contributed by atoms with Crippen LogP contribution in [0.4, 0.5) is 5.69 Å². The highest BCUT2D eigenvalue weighted by Gasteiger charge is 2.15. The molecular weight excluding hydrogens is 300 g/mol. The molecule has 4 heteroatoms. The summed E-state index contributed by atoms with van der Waals surface area (Å²) in [6, 6.07) is 14.2. The monoisotopic (exact) mass is 318 g/mol. The van der Waals surface area contributed by atoms with E-state index in [0.29, 0.717) is 4.99 Å². The van der Waals surface area contributed by atoms with Gasteiger partial charge in [-0.05, 0) is 49.2 Å². The zero-order valence-electron chi connectivity index (χ0n) is 12.4. The molecule has 1 unspecified atom stereocenters. The van der Waals surface area contributed by atoms with Gasteiger partial charge in [-0.15, -0.1) is 0 Å². The Balaban J connectivity index is 2.32. The highest BCUT2D eigenvalue weighted by Crippen LogP contribution is 2.30. The topological polar surface area (TPSA) is 29.3 Å².